The van der Waals surface area contributed by atoms with Gasteiger partial charge in [0.1, 0.15) is 5.69 Å². The topological polar surface area (TPSA) is 45.5 Å². The van der Waals surface area contributed by atoms with Gasteiger partial charge in [-0.05, 0) is 18.4 Å². The summed E-state index contributed by atoms with van der Waals surface area (Å²) in [5, 5.41) is 10.3. The summed E-state index contributed by atoms with van der Waals surface area (Å²) in [6.45, 7) is 3.11. The van der Waals surface area contributed by atoms with Crippen LogP contribution in [0.3, 0.4) is 0 Å². The van der Waals surface area contributed by atoms with E-state index in [0.717, 1.165) is 6.42 Å². The number of amides is 1. The van der Waals surface area contributed by atoms with Gasteiger partial charge in [0.15, 0.2) is 0 Å². The Hall–Kier alpha value is -1.00. The molecule has 0 aromatic carbocycles. The first-order chi connectivity index (χ1) is 7.99. The molecule has 94 valence electrons. The lowest BCUT2D eigenvalue weighted by atomic mass is 9.96. The fourth-order valence-corrected chi connectivity index (χ4v) is 2.38. The van der Waals surface area contributed by atoms with Gasteiger partial charge >= 0.3 is 0 Å². The minimum absolute atomic E-state index is 0.0645. The Morgan fingerprint density at radius 3 is 2.82 bits per heavy atom. The average molecular weight is 257 g/mol. The third kappa shape index (κ3) is 2.48. The van der Waals surface area contributed by atoms with E-state index in [-0.39, 0.29) is 11.8 Å². The van der Waals surface area contributed by atoms with E-state index in [0.29, 0.717) is 23.8 Å². The monoisotopic (exact) mass is 256 g/mol. The van der Waals surface area contributed by atoms with Crippen LogP contribution >= 0.6 is 11.6 Å². The van der Waals surface area contributed by atoms with E-state index in [9.17, 15) is 9.90 Å². The van der Waals surface area contributed by atoms with E-state index < -0.39 is 6.10 Å². The first kappa shape index (κ1) is 12.5. The van der Waals surface area contributed by atoms with Crippen molar-refractivity contribution in [3.8, 4) is 0 Å². The Morgan fingerprint density at radius 2 is 2.29 bits per heavy atom. The Bertz CT molecular complexity index is 430. The van der Waals surface area contributed by atoms with Gasteiger partial charge in [-0.25, -0.2) is 0 Å². The lowest BCUT2D eigenvalue weighted by molar-refractivity contribution is 0.0243. The molecule has 0 saturated carbocycles. The number of piperidine rings is 1. The maximum atomic E-state index is 12.2. The van der Waals surface area contributed by atoms with Gasteiger partial charge in [0.05, 0.1) is 11.1 Å². The smallest absolute Gasteiger partial charge is 0.270 e. The van der Waals surface area contributed by atoms with Gasteiger partial charge in [0.2, 0.25) is 0 Å². The molecular formula is C12H17ClN2O2. The summed E-state index contributed by atoms with van der Waals surface area (Å²) in [5.74, 6) is 0.196. The van der Waals surface area contributed by atoms with Crippen LogP contribution in [0.15, 0.2) is 12.3 Å². The maximum absolute atomic E-state index is 12.2. The molecule has 1 aromatic rings. The molecule has 1 N–H and O–H groups in total. The van der Waals surface area contributed by atoms with Crippen molar-refractivity contribution in [3.05, 3.63) is 23.0 Å². The molecule has 1 fully saturated rings. The van der Waals surface area contributed by atoms with Crippen LogP contribution in [0.1, 0.15) is 23.8 Å². The third-order valence-electron chi connectivity index (χ3n) is 3.40. The standard InChI is InChI=1S/C12H17ClN2O2/c1-8-3-4-15(7-11(8)16)12(17)10-5-9(13)6-14(10)2/h5-6,8,11,16H,3-4,7H2,1-2H3. The number of aromatic nitrogens is 1. The number of hydrogen-bond donors (Lipinski definition) is 1. The summed E-state index contributed by atoms with van der Waals surface area (Å²) < 4.78 is 1.72. The average Bonchev–Trinajstić information content (AvgIpc) is 2.61. The van der Waals surface area contributed by atoms with Gasteiger partial charge in [-0.1, -0.05) is 18.5 Å². The summed E-state index contributed by atoms with van der Waals surface area (Å²) in [6, 6.07) is 1.66. The van der Waals surface area contributed by atoms with Crippen LogP contribution in [0.25, 0.3) is 0 Å². The Balaban J connectivity index is 2.13. The minimum Gasteiger partial charge on any atom is -0.391 e. The van der Waals surface area contributed by atoms with Gasteiger partial charge in [-0.2, -0.15) is 0 Å². The van der Waals surface area contributed by atoms with Crippen molar-refractivity contribution < 1.29 is 9.90 Å². The number of carbonyl (C=O) groups excluding carboxylic acids is 1. The third-order valence-corrected chi connectivity index (χ3v) is 3.60. The molecule has 1 saturated heterocycles. The molecule has 0 spiro atoms. The highest BCUT2D eigenvalue weighted by Crippen LogP contribution is 2.20. The molecule has 0 bridgehead atoms. The van der Waals surface area contributed by atoms with Crippen LogP contribution in [0.2, 0.25) is 5.02 Å². The highest BCUT2D eigenvalue weighted by atomic mass is 35.5. The van der Waals surface area contributed by atoms with Crippen LogP contribution in [-0.4, -0.2) is 39.7 Å². The number of likely N-dealkylation sites (tertiary alicyclic amines) is 1. The zero-order valence-electron chi connectivity index (χ0n) is 10.1. The number of halogens is 1. The van der Waals surface area contributed by atoms with Crippen LogP contribution in [0, 0.1) is 5.92 Å². The summed E-state index contributed by atoms with van der Waals surface area (Å²) in [5.41, 5.74) is 0.566. The molecule has 1 amide bonds. The van der Waals surface area contributed by atoms with E-state index in [1.54, 1.807) is 28.8 Å². The maximum Gasteiger partial charge on any atom is 0.270 e. The van der Waals surface area contributed by atoms with Gasteiger partial charge in [0.25, 0.3) is 5.91 Å². The molecule has 2 heterocycles. The van der Waals surface area contributed by atoms with E-state index in [1.807, 2.05) is 6.92 Å². The number of rotatable bonds is 1. The number of nitrogens with zero attached hydrogens (tertiary/aromatic N) is 2. The summed E-state index contributed by atoms with van der Waals surface area (Å²) >= 11 is 5.86. The van der Waals surface area contributed by atoms with Crippen molar-refractivity contribution in [2.75, 3.05) is 13.1 Å². The molecule has 17 heavy (non-hydrogen) atoms. The van der Waals surface area contributed by atoms with Crippen LogP contribution in [0.4, 0.5) is 0 Å². The number of β-amino-alcohol motifs (C(OH)–C–C–N with tert-alkyl or cyclic N) is 1. The van der Waals surface area contributed by atoms with E-state index in [1.165, 1.54) is 0 Å². The summed E-state index contributed by atoms with van der Waals surface area (Å²) in [7, 11) is 1.79. The highest BCUT2D eigenvalue weighted by Gasteiger charge is 2.28. The molecule has 1 aliphatic rings. The summed E-state index contributed by atoms with van der Waals surface area (Å²) in [6.07, 6.45) is 2.12. The number of carbonyl (C=O) groups is 1. The fraction of sp³-hybridized carbons (Fsp3) is 0.583. The molecule has 1 aliphatic heterocycles. The Morgan fingerprint density at radius 1 is 1.59 bits per heavy atom. The molecule has 2 atom stereocenters. The molecule has 5 heteroatoms. The zero-order chi connectivity index (χ0) is 12.6. The van der Waals surface area contributed by atoms with Gasteiger partial charge in [-0.15, -0.1) is 0 Å². The Labute approximate surface area is 106 Å². The van der Waals surface area contributed by atoms with Crippen molar-refractivity contribution in [3.63, 3.8) is 0 Å². The van der Waals surface area contributed by atoms with Crippen molar-refractivity contribution in [2.45, 2.75) is 19.4 Å². The van der Waals surface area contributed by atoms with Gasteiger partial charge in [0, 0.05) is 26.3 Å². The lowest BCUT2D eigenvalue weighted by Crippen LogP contribution is -2.46. The van der Waals surface area contributed by atoms with Crippen molar-refractivity contribution in [1.82, 2.24) is 9.47 Å². The van der Waals surface area contributed by atoms with Crippen molar-refractivity contribution in [2.24, 2.45) is 13.0 Å². The Kier molecular flexibility index (Phi) is 3.45. The van der Waals surface area contributed by atoms with Crippen LogP contribution in [0.5, 0.6) is 0 Å². The number of aryl methyl sites for hydroxylation is 1. The predicted octanol–water partition coefficient (Wildman–Crippen LogP) is 1.52. The second-order valence-corrected chi connectivity index (χ2v) is 5.18. The van der Waals surface area contributed by atoms with E-state index in [2.05, 4.69) is 0 Å². The van der Waals surface area contributed by atoms with Gasteiger partial charge < -0.3 is 14.6 Å². The molecule has 0 aliphatic carbocycles. The first-order valence-corrected chi connectivity index (χ1v) is 6.16. The molecule has 2 unspecified atom stereocenters. The molecule has 0 radical (unpaired) electrons. The number of aliphatic hydroxyl groups is 1. The quantitative estimate of drug-likeness (QED) is 0.828. The van der Waals surface area contributed by atoms with E-state index >= 15 is 0 Å². The molecule has 2 rings (SSSR count). The van der Waals surface area contributed by atoms with Crippen molar-refractivity contribution in [1.29, 1.82) is 0 Å². The lowest BCUT2D eigenvalue weighted by Gasteiger charge is -2.34. The normalized spacial score (nSPS) is 25.1. The predicted molar refractivity (Wildman–Crippen MR) is 66.1 cm³/mol. The fourth-order valence-electron chi connectivity index (χ4n) is 2.13. The van der Waals surface area contributed by atoms with Crippen LogP contribution in [-0.2, 0) is 7.05 Å². The second-order valence-electron chi connectivity index (χ2n) is 4.74. The molecular weight excluding hydrogens is 240 g/mol. The molecule has 4 nitrogen and oxygen atoms in total. The minimum atomic E-state index is -0.427. The van der Waals surface area contributed by atoms with Crippen molar-refractivity contribution >= 4 is 17.5 Å². The number of hydrogen-bond acceptors (Lipinski definition) is 2. The zero-order valence-corrected chi connectivity index (χ0v) is 10.8. The molecule has 1 aromatic heterocycles. The van der Waals surface area contributed by atoms with Crippen LogP contribution < -0.4 is 0 Å². The SMILES string of the molecule is CC1CCN(C(=O)c2cc(Cl)cn2C)CC1O. The first-order valence-electron chi connectivity index (χ1n) is 5.78. The summed E-state index contributed by atoms with van der Waals surface area (Å²) in [4.78, 5) is 13.9. The highest BCUT2D eigenvalue weighted by molar-refractivity contribution is 6.31. The van der Waals surface area contributed by atoms with Gasteiger partial charge in [-0.3, -0.25) is 4.79 Å². The second kappa shape index (κ2) is 4.70. The van der Waals surface area contributed by atoms with E-state index in [4.69, 9.17) is 11.6 Å². The largest absolute Gasteiger partial charge is 0.391 e. The number of aliphatic hydroxyl groups excluding tert-OH is 1.